The van der Waals surface area contributed by atoms with Crippen LogP contribution in [0.1, 0.15) is 84.8 Å². The number of aryl methyl sites for hydroxylation is 2. The van der Waals surface area contributed by atoms with Crippen molar-refractivity contribution < 1.29 is 14.3 Å². The predicted molar refractivity (Wildman–Crippen MR) is 170 cm³/mol. The molecule has 0 radical (unpaired) electrons. The van der Waals surface area contributed by atoms with Crippen molar-refractivity contribution in [2.24, 2.45) is 23.7 Å². The van der Waals surface area contributed by atoms with Crippen LogP contribution >= 0.6 is 11.6 Å². The Kier molecular flexibility index (Phi) is 10.4. The molecule has 0 saturated carbocycles. The molecular formula is C34H48ClFN4O2. The number of nitrogens with zero attached hydrogens (tertiary/aromatic N) is 3. The Labute approximate surface area is 256 Å². The van der Waals surface area contributed by atoms with Crippen molar-refractivity contribution in [3.05, 3.63) is 52.7 Å². The molecule has 1 fully saturated rings. The lowest BCUT2D eigenvalue weighted by molar-refractivity contribution is -0.127. The molecule has 2 aliphatic rings. The number of aromatic nitrogens is 2. The van der Waals surface area contributed by atoms with Crippen molar-refractivity contribution in [3.8, 4) is 0 Å². The van der Waals surface area contributed by atoms with E-state index in [2.05, 4.69) is 27.3 Å². The lowest BCUT2D eigenvalue weighted by atomic mass is 9.74. The first-order chi connectivity index (χ1) is 19.8. The highest BCUT2D eigenvalue weighted by Crippen LogP contribution is 2.41. The van der Waals surface area contributed by atoms with Crippen LogP contribution in [0.2, 0.25) is 5.02 Å². The number of benzene rings is 1. The maximum Gasteiger partial charge on any atom is 0.227 e. The van der Waals surface area contributed by atoms with Gasteiger partial charge >= 0.3 is 0 Å². The minimum atomic E-state index is -1.34. The number of piperidine rings is 1. The number of Topliss-reactive ketones (excluding diaryl/α,β-unsaturated/α-hetero) is 1. The van der Waals surface area contributed by atoms with E-state index in [-0.39, 0.29) is 23.7 Å². The smallest absolute Gasteiger partial charge is 0.227 e. The van der Waals surface area contributed by atoms with E-state index in [4.69, 9.17) is 16.6 Å². The van der Waals surface area contributed by atoms with Gasteiger partial charge in [0.2, 0.25) is 5.95 Å². The van der Waals surface area contributed by atoms with Gasteiger partial charge < -0.3 is 15.3 Å². The molecular weight excluding hydrogens is 551 g/mol. The number of carbonyl (C=O) groups excluding carboxylic acids is 1. The number of ketones is 1. The van der Waals surface area contributed by atoms with E-state index in [0.717, 1.165) is 37.8 Å². The number of alkyl halides is 1. The van der Waals surface area contributed by atoms with E-state index >= 15 is 4.39 Å². The summed E-state index contributed by atoms with van der Waals surface area (Å²) in [4.78, 5) is 24.6. The molecule has 2 aromatic rings. The molecule has 0 amide bonds. The van der Waals surface area contributed by atoms with E-state index in [1.54, 1.807) is 26.1 Å². The molecule has 5 atom stereocenters. The SMILES string of the molecule is C/C=C/C1(F)[C@H](CC)CN(c2ncc(Cl)c(Nc3ccc4c(c3)CCC(CCC(C)(C)O)C(=O)C(C)CC4)n2)C[C@@H]1C. The molecule has 0 bridgehead atoms. The average molecular weight is 599 g/mol. The second-order valence-electron chi connectivity index (χ2n) is 13.1. The van der Waals surface area contributed by atoms with Gasteiger partial charge in [-0.15, -0.1) is 0 Å². The van der Waals surface area contributed by atoms with Crippen molar-refractivity contribution in [1.82, 2.24) is 9.97 Å². The van der Waals surface area contributed by atoms with Crippen molar-refractivity contribution in [3.63, 3.8) is 0 Å². The van der Waals surface area contributed by atoms with Crippen LogP contribution < -0.4 is 10.2 Å². The fourth-order valence-electron chi connectivity index (χ4n) is 6.63. The van der Waals surface area contributed by atoms with Crippen molar-refractivity contribution >= 4 is 34.8 Å². The number of fused-ring (bicyclic) bond motifs is 1. The summed E-state index contributed by atoms with van der Waals surface area (Å²) in [6, 6.07) is 6.32. The molecule has 6 nitrogen and oxygen atoms in total. The lowest BCUT2D eigenvalue weighted by Crippen LogP contribution is -2.54. The van der Waals surface area contributed by atoms with Crippen LogP contribution in [-0.2, 0) is 17.6 Å². The summed E-state index contributed by atoms with van der Waals surface area (Å²) < 4.78 is 15.9. The Balaban J connectivity index is 1.54. The lowest BCUT2D eigenvalue weighted by Gasteiger charge is -2.45. The largest absolute Gasteiger partial charge is 0.390 e. The predicted octanol–water partition coefficient (Wildman–Crippen LogP) is 7.89. The van der Waals surface area contributed by atoms with Crippen LogP contribution in [0.25, 0.3) is 0 Å². The topological polar surface area (TPSA) is 78.4 Å². The zero-order valence-corrected chi connectivity index (χ0v) is 26.8. The summed E-state index contributed by atoms with van der Waals surface area (Å²) in [5.41, 5.74) is 1.24. The van der Waals surface area contributed by atoms with E-state index < -0.39 is 11.3 Å². The van der Waals surface area contributed by atoms with E-state index in [1.165, 1.54) is 11.1 Å². The van der Waals surface area contributed by atoms with Gasteiger partial charge in [0.1, 0.15) is 16.5 Å². The summed E-state index contributed by atoms with van der Waals surface area (Å²) in [6.45, 7) is 12.6. The molecule has 1 saturated heterocycles. The van der Waals surface area contributed by atoms with Crippen molar-refractivity contribution in [1.29, 1.82) is 0 Å². The van der Waals surface area contributed by atoms with Gasteiger partial charge in [0.05, 0.1) is 11.8 Å². The molecule has 1 aliphatic heterocycles. The number of rotatable bonds is 8. The van der Waals surface area contributed by atoms with Crippen LogP contribution in [0, 0.1) is 23.7 Å². The number of allylic oxidation sites excluding steroid dienone is 2. The quantitative estimate of drug-likeness (QED) is 0.301. The van der Waals surface area contributed by atoms with Gasteiger partial charge in [0.15, 0.2) is 5.82 Å². The van der Waals surface area contributed by atoms with Gasteiger partial charge in [-0.25, -0.2) is 9.37 Å². The zero-order chi connectivity index (χ0) is 30.7. The summed E-state index contributed by atoms with van der Waals surface area (Å²) >= 11 is 6.56. The third kappa shape index (κ3) is 7.52. The molecule has 3 unspecified atom stereocenters. The summed E-state index contributed by atoms with van der Waals surface area (Å²) in [7, 11) is 0. The second-order valence-corrected chi connectivity index (χ2v) is 13.5. The first-order valence-electron chi connectivity index (χ1n) is 15.6. The number of nitrogens with one attached hydrogen (secondary N) is 1. The average Bonchev–Trinajstić information content (AvgIpc) is 2.99. The standard InChI is InChI=1S/C34H48ClFN4O2/c1-7-16-34(36)23(4)20-40(21-27(34)8-2)32-37-19-29(35)31(39-32)38-28-14-13-24-10-9-22(3)30(41)25(11-12-26(24)18-28)15-17-33(5,6)42/h7,13-14,16,18-19,22-23,25,27,42H,8-12,15,17,20-21H2,1-6H3,(H,37,38,39)/b16-7+/t22?,23-,25?,27+,34?/m0/s1. The summed E-state index contributed by atoms with van der Waals surface area (Å²) in [6.07, 6.45) is 10.4. The minimum absolute atomic E-state index is 0.00386. The zero-order valence-electron chi connectivity index (χ0n) is 26.1. The number of hydrogen-bond acceptors (Lipinski definition) is 6. The minimum Gasteiger partial charge on any atom is -0.390 e. The van der Waals surface area contributed by atoms with Crippen LogP contribution in [0.4, 0.5) is 21.8 Å². The molecule has 0 spiro atoms. The first kappa shape index (κ1) is 32.4. The van der Waals surface area contributed by atoms with Gasteiger partial charge in [0.25, 0.3) is 0 Å². The maximum absolute atomic E-state index is 15.9. The van der Waals surface area contributed by atoms with Crippen LogP contribution in [-0.4, -0.2) is 45.2 Å². The molecule has 4 rings (SSSR count). The number of halogens is 2. The number of aliphatic hydroxyl groups is 1. The molecule has 8 heteroatoms. The normalized spacial score (nSPS) is 27.4. The third-order valence-corrected chi connectivity index (χ3v) is 9.59. The van der Waals surface area contributed by atoms with Crippen LogP contribution in [0.5, 0.6) is 0 Å². The van der Waals surface area contributed by atoms with Gasteiger partial charge in [-0.1, -0.05) is 50.6 Å². The Hall–Kier alpha value is -2.51. The number of hydrogen-bond donors (Lipinski definition) is 2. The van der Waals surface area contributed by atoms with E-state index in [9.17, 15) is 9.90 Å². The molecule has 230 valence electrons. The molecule has 1 aromatic heterocycles. The van der Waals surface area contributed by atoms with Gasteiger partial charge in [-0.05, 0) is 89.0 Å². The highest BCUT2D eigenvalue weighted by molar-refractivity contribution is 6.32. The molecule has 1 aromatic carbocycles. The van der Waals surface area contributed by atoms with Gasteiger partial charge in [-0.3, -0.25) is 4.79 Å². The fraction of sp³-hybridized carbons (Fsp3) is 0.618. The second kappa shape index (κ2) is 13.4. The summed E-state index contributed by atoms with van der Waals surface area (Å²) in [5.74, 6) is 0.961. The molecule has 1 aliphatic carbocycles. The van der Waals surface area contributed by atoms with E-state index in [0.29, 0.717) is 48.5 Å². The molecule has 42 heavy (non-hydrogen) atoms. The highest BCUT2D eigenvalue weighted by Gasteiger charge is 2.46. The third-order valence-electron chi connectivity index (χ3n) is 9.32. The Morgan fingerprint density at radius 3 is 2.64 bits per heavy atom. The van der Waals surface area contributed by atoms with Crippen LogP contribution in [0.3, 0.4) is 0 Å². The molecule has 2 N–H and O–H groups in total. The molecule has 2 heterocycles. The van der Waals surface area contributed by atoms with Gasteiger partial charge in [-0.2, -0.15) is 4.98 Å². The monoisotopic (exact) mass is 598 g/mol. The first-order valence-corrected chi connectivity index (χ1v) is 16.0. The van der Waals surface area contributed by atoms with Crippen molar-refractivity contribution in [2.75, 3.05) is 23.3 Å². The Morgan fingerprint density at radius 1 is 1.21 bits per heavy atom. The van der Waals surface area contributed by atoms with E-state index in [1.807, 2.05) is 39.8 Å². The number of anilines is 3. The van der Waals surface area contributed by atoms with Crippen LogP contribution in [0.15, 0.2) is 36.5 Å². The highest BCUT2D eigenvalue weighted by atomic mass is 35.5. The maximum atomic E-state index is 15.9. The fourth-order valence-corrected chi connectivity index (χ4v) is 6.77. The number of carbonyl (C=O) groups is 1. The van der Waals surface area contributed by atoms with Crippen molar-refractivity contribution in [2.45, 2.75) is 97.8 Å². The Morgan fingerprint density at radius 2 is 1.95 bits per heavy atom. The summed E-state index contributed by atoms with van der Waals surface area (Å²) in [5, 5.41) is 14.1. The Bertz CT molecular complexity index is 1280. The van der Waals surface area contributed by atoms with Gasteiger partial charge in [0, 0.05) is 42.4 Å².